The molecule has 1 aromatic carbocycles. The van der Waals surface area contributed by atoms with Gasteiger partial charge in [0.1, 0.15) is 5.58 Å². The minimum absolute atomic E-state index is 0.0501. The van der Waals surface area contributed by atoms with Crippen LogP contribution in [0.2, 0.25) is 0 Å². The quantitative estimate of drug-likeness (QED) is 0.744. The molecule has 1 aliphatic rings. The SMILES string of the molecule is O=C(c1cc2ccccc2o1)N1CCC[C@@H]1Cn1nccn1. The molecule has 1 amide bonds. The zero-order valence-corrected chi connectivity index (χ0v) is 12.1. The summed E-state index contributed by atoms with van der Waals surface area (Å²) in [6.45, 7) is 1.38. The van der Waals surface area contributed by atoms with Gasteiger partial charge in [-0.2, -0.15) is 15.0 Å². The monoisotopic (exact) mass is 296 g/mol. The van der Waals surface area contributed by atoms with Crippen molar-refractivity contribution in [1.82, 2.24) is 19.9 Å². The van der Waals surface area contributed by atoms with Crippen molar-refractivity contribution in [1.29, 1.82) is 0 Å². The number of nitrogens with zero attached hydrogens (tertiary/aromatic N) is 4. The van der Waals surface area contributed by atoms with Crippen LogP contribution >= 0.6 is 0 Å². The van der Waals surface area contributed by atoms with Gasteiger partial charge >= 0.3 is 0 Å². The second-order valence-corrected chi connectivity index (χ2v) is 5.53. The molecule has 0 aliphatic carbocycles. The van der Waals surface area contributed by atoms with Crippen molar-refractivity contribution in [2.24, 2.45) is 0 Å². The lowest BCUT2D eigenvalue weighted by Gasteiger charge is -2.23. The highest BCUT2D eigenvalue weighted by Crippen LogP contribution is 2.25. The van der Waals surface area contributed by atoms with E-state index in [2.05, 4.69) is 10.2 Å². The summed E-state index contributed by atoms with van der Waals surface area (Å²) in [4.78, 5) is 16.2. The summed E-state index contributed by atoms with van der Waals surface area (Å²) in [5.41, 5.74) is 0.746. The first-order valence-corrected chi connectivity index (χ1v) is 7.45. The molecule has 6 nitrogen and oxygen atoms in total. The second-order valence-electron chi connectivity index (χ2n) is 5.53. The van der Waals surface area contributed by atoms with Gasteiger partial charge in [0.25, 0.3) is 5.91 Å². The van der Waals surface area contributed by atoms with Crippen LogP contribution in [0.25, 0.3) is 11.0 Å². The van der Waals surface area contributed by atoms with E-state index in [1.807, 2.05) is 35.2 Å². The number of hydrogen-bond donors (Lipinski definition) is 0. The number of furan rings is 1. The normalized spacial score (nSPS) is 18.2. The molecule has 0 N–H and O–H groups in total. The summed E-state index contributed by atoms with van der Waals surface area (Å²) in [5, 5.41) is 9.20. The lowest BCUT2D eigenvalue weighted by atomic mass is 10.2. The van der Waals surface area contributed by atoms with E-state index in [4.69, 9.17) is 4.42 Å². The van der Waals surface area contributed by atoms with Crippen LogP contribution in [0.4, 0.5) is 0 Å². The van der Waals surface area contributed by atoms with Gasteiger partial charge in [0.15, 0.2) is 5.76 Å². The molecule has 1 saturated heterocycles. The zero-order valence-electron chi connectivity index (χ0n) is 12.1. The summed E-state index contributed by atoms with van der Waals surface area (Å²) in [6, 6.07) is 9.61. The lowest BCUT2D eigenvalue weighted by Crippen LogP contribution is -2.38. The Hall–Kier alpha value is -2.63. The van der Waals surface area contributed by atoms with E-state index >= 15 is 0 Å². The number of likely N-dealkylation sites (tertiary alicyclic amines) is 1. The molecule has 112 valence electrons. The summed E-state index contributed by atoms with van der Waals surface area (Å²) >= 11 is 0. The maximum atomic E-state index is 12.7. The molecule has 0 unspecified atom stereocenters. The number of benzene rings is 1. The number of amides is 1. The summed E-state index contributed by atoms with van der Waals surface area (Å²) in [7, 11) is 0. The fourth-order valence-corrected chi connectivity index (χ4v) is 3.05. The fraction of sp³-hybridized carbons (Fsp3) is 0.312. The molecule has 0 spiro atoms. The van der Waals surface area contributed by atoms with Gasteiger partial charge in [-0.05, 0) is 25.0 Å². The third kappa shape index (κ3) is 2.26. The maximum absolute atomic E-state index is 12.7. The average Bonchev–Trinajstić information content (AvgIpc) is 3.27. The Bertz CT molecular complexity index is 760. The summed E-state index contributed by atoms with van der Waals surface area (Å²) in [6.07, 6.45) is 5.27. The Balaban J connectivity index is 1.58. The Kier molecular flexibility index (Phi) is 3.14. The van der Waals surface area contributed by atoms with E-state index in [0.29, 0.717) is 12.3 Å². The van der Waals surface area contributed by atoms with E-state index in [1.54, 1.807) is 17.2 Å². The predicted molar refractivity (Wildman–Crippen MR) is 80.3 cm³/mol. The summed E-state index contributed by atoms with van der Waals surface area (Å²) < 4.78 is 5.70. The van der Waals surface area contributed by atoms with Gasteiger partial charge in [-0.15, -0.1) is 0 Å². The highest BCUT2D eigenvalue weighted by atomic mass is 16.3. The first-order chi connectivity index (χ1) is 10.8. The van der Waals surface area contributed by atoms with E-state index in [-0.39, 0.29) is 11.9 Å². The van der Waals surface area contributed by atoms with Gasteiger partial charge in [-0.3, -0.25) is 4.79 Å². The number of rotatable bonds is 3. The maximum Gasteiger partial charge on any atom is 0.289 e. The van der Waals surface area contributed by atoms with Crippen LogP contribution in [0.15, 0.2) is 47.1 Å². The topological polar surface area (TPSA) is 64.2 Å². The van der Waals surface area contributed by atoms with Crippen molar-refractivity contribution < 1.29 is 9.21 Å². The number of para-hydroxylation sites is 1. The molecule has 1 fully saturated rings. The minimum Gasteiger partial charge on any atom is -0.451 e. The number of hydrogen-bond acceptors (Lipinski definition) is 4. The smallest absolute Gasteiger partial charge is 0.289 e. The van der Waals surface area contributed by atoms with Gasteiger partial charge in [0.2, 0.25) is 0 Å². The van der Waals surface area contributed by atoms with E-state index in [1.165, 1.54) is 0 Å². The van der Waals surface area contributed by atoms with Crippen LogP contribution in [-0.2, 0) is 6.54 Å². The van der Waals surface area contributed by atoms with Crippen molar-refractivity contribution in [3.8, 4) is 0 Å². The Labute approximate surface area is 127 Å². The van der Waals surface area contributed by atoms with E-state index in [9.17, 15) is 4.79 Å². The van der Waals surface area contributed by atoms with Crippen molar-refractivity contribution in [2.45, 2.75) is 25.4 Å². The average molecular weight is 296 g/mol. The Morgan fingerprint density at radius 1 is 1.27 bits per heavy atom. The zero-order chi connectivity index (χ0) is 14.9. The number of carbonyl (C=O) groups excluding carboxylic acids is 1. The minimum atomic E-state index is -0.0501. The third-order valence-electron chi connectivity index (χ3n) is 4.11. The van der Waals surface area contributed by atoms with Gasteiger partial charge in [-0.25, -0.2) is 0 Å². The van der Waals surface area contributed by atoms with Gasteiger partial charge in [-0.1, -0.05) is 18.2 Å². The third-order valence-corrected chi connectivity index (χ3v) is 4.11. The van der Waals surface area contributed by atoms with E-state index < -0.39 is 0 Å². The molecule has 0 radical (unpaired) electrons. The molecular weight excluding hydrogens is 280 g/mol. The molecule has 0 bridgehead atoms. The van der Waals surface area contributed by atoms with Crippen LogP contribution in [0.5, 0.6) is 0 Å². The number of fused-ring (bicyclic) bond motifs is 1. The second kappa shape index (κ2) is 5.29. The first kappa shape index (κ1) is 13.1. The molecular formula is C16H16N4O2. The summed E-state index contributed by atoms with van der Waals surface area (Å²) in [5.74, 6) is 0.354. The molecule has 0 saturated carbocycles. The molecule has 6 heteroatoms. The standard InChI is InChI=1S/C16H16N4O2/c21-16(15-10-12-4-1-2-6-14(12)22-15)19-9-3-5-13(19)11-20-17-7-8-18-20/h1-2,4,6-8,10,13H,3,5,9,11H2/t13-/m1/s1. The lowest BCUT2D eigenvalue weighted by molar-refractivity contribution is 0.0688. The van der Waals surface area contributed by atoms with Crippen LogP contribution in [0.3, 0.4) is 0 Å². The Morgan fingerprint density at radius 2 is 2.09 bits per heavy atom. The largest absolute Gasteiger partial charge is 0.451 e. The van der Waals surface area contributed by atoms with Crippen LogP contribution in [-0.4, -0.2) is 38.4 Å². The van der Waals surface area contributed by atoms with E-state index in [0.717, 1.165) is 30.4 Å². The van der Waals surface area contributed by atoms with Crippen LogP contribution < -0.4 is 0 Å². The van der Waals surface area contributed by atoms with Crippen molar-refractivity contribution in [2.75, 3.05) is 6.54 Å². The Morgan fingerprint density at radius 3 is 2.91 bits per heavy atom. The van der Waals surface area contributed by atoms with Crippen molar-refractivity contribution in [3.05, 3.63) is 48.5 Å². The highest BCUT2D eigenvalue weighted by molar-refractivity contribution is 5.96. The molecule has 1 atom stereocenters. The number of aromatic nitrogens is 3. The van der Waals surface area contributed by atoms with Crippen LogP contribution in [0, 0.1) is 0 Å². The van der Waals surface area contributed by atoms with Gasteiger partial charge < -0.3 is 9.32 Å². The molecule has 22 heavy (non-hydrogen) atoms. The molecule has 1 aliphatic heterocycles. The molecule has 3 heterocycles. The predicted octanol–water partition coefficient (Wildman–Crippen LogP) is 2.33. The van der Waals surface area contributed by atoms with Crippen molar-refractivity contribution >= 4 is 16.9 Å². The van der Waals surface area contributed by atoms with Gasteiger partial charge in [0, 0.05) is 11.9 Å². The first-order valence-electron chi connectivity index (χ1n) is 7.45. The fourth-order valence-electron chi connectivity index (χ4n) is 3.05. The van der Waals surface area contributed by atoms with Crippen LogP contribution in [0.1, 0.15) is 23.4 Å². The molecule has 4 rings (SSSR count). The van der Waals surface area contributed by atoms with Crippen molar-refractivity contribution in [3.63, 3.8) is 0 Å². The molecule has 2 aromatic heterocycles. The highest BCUT2D eigenvalue weighted by Gasteiger charge is 2.31. The molecule has 3 aromatic rings. The number of carbonyl (C=O) groups is 1. The van der Waals surface area contributed by atoms with Gasteiger partial charge in [0.05, 0.1) is 25.0 Å².